The van der Waals surface area contributed by atoms with E-state index in [1.54, 1.807) is 7.05 Å². The Balaban J connectivity index is 1.92. The van der Waals surface area contributed by atoms with E-state index in [2.05, 4.69) is 5.16 Å². The Labute approximate surface area is 150 Å². The monoisotopic (exact) mass is 354 g/mol. The average Bonchev–Trinajstić information content (AvgIpc) is 3.07. The number of hydrogen-bond donors (Lipinski definition) is 1. The Morgan fingerprint density at radius 1 is 1.19 bits per heavy atom. The van der Waals surface area contributed by atoms with Crippen molar-refractivity contribution in [2.24, 2.45) is 0 Å². The Morgan fingerprint density at radius 3 is 2.46 bits per heavy atom. The third-order valence-corrected chi connectivity index (χ3v) is 4.07. The number of aliphatic hydroxyl groups is 1. The van der Waals surface area contributed by atoms with Gasteiger partial charge in [-0.3, -0.25) is 4.79 Å². The summed E-state index contributed by atoms with van der Waals surface area (Å²) in [5, 5.41) is 14.1. The lowest BCUT2D eigenvalue weighted by Gasteiger charge is -2.17. The second kappa shape index (κ2) is 7.49. The number of carbonyl (C=O) groups excluding carboxylic acids is 1. The molecule has 0 fully saturated rings. The van der Waals surface area contributed by atoms with E-state index in [-0.39, 0.29) is 17.5 Å². The van der Waals surface area contributed by atoms with Crippen LogP contribution in [0.25, 0.3) is 11.3 Å². The standard InChI is InChI=1S/C20H19FN2O3/c1-13(24)17-18(15-8-10-16(21)11-9-15)22-26-19(17)20(25)23(2)12-14-6-4-3-5-7-14/h3-11,13,24H,12H2,1-2H3/t13-/m0/s1. The zero-order chi connectivity index (χ0) is 18.7. The number of amides is 1. The Morgan fingerprint density at radius 2 is 1.85 bits per heavy atom. The minimum Gasteiger partial charge on any atom is -0.388 e. The highest BCUT2D eigenvalue weighted by atomic mass is 19.1. The summed E-state index contributed by atoms with van der Waals surface area (Å²) in [5.74, 6) is -0.780. The fourth-order valence-electron chi connectivity index (χ4n) is 2.76. The molecular weight excluding hydrogens is 335 g/mol. The summed E-state index contributed by atoms with van der Waals surface area (Å²) in [6, 6.07) is 15.2. The molecule has 1 atom stereocenters. The molecule has 5 nitrogen and oxygen atoms in total. The Bertz CT molecular complexity index is 889. The zero-order valence-corrected chi connectivity index (χ0v) is 14.5. The molecule has 0 unspecified atom stereocenters. The van der Waals surface area contributed by atoms with Crippen LogP contribution in [0.4, 0.5) is 4.39 Å². The smallest absolute Gasteiger partial charge is 0.292 e. The summed E-state index contributed by atoms with van der Waals surface area (Å²) in [4.78, 5) is 14.3. The molecule has 0 spiro atoms. The predicted molar refractivity (Wildman–Crippen MR) is 94.8 cm³/mol. The first kappa shape index (κ1) is 17.8. The van der Waals surface area contributed by atoms with Gasteiger partial charge in [0.15, 0.2) is 0 Å². The van der Waals surface area contributed by atoms with Gasteiger partial charge in [0.2, 0.25) is 5.76 Å². The molecule has 1 aromatic heterocycles. The first-order chi connectivity index (χ1) is 12.5. The first-order valence-electron chi connectivity index (χ1n) is 8.20. The predicted octanol–water partition coefficient (Wildman–Crippen LogP) is 3.81. The molecule has 0 aliphatic heterocycles. The molecule has 2 aromatic carbocycles. The van der Waals surface area contributed by atoms with Crippen LogP contribution >= 0.6 is 0 Å². The van der Waals surface area contributed by atoms with Gasteiger partial charge in [-0.15, -0.1) is 0 Å². The highest BCUT2D eigenvalue weighted by molar-refractivity contribution is 5.94. The molecule has 6 heteroatoms. The van der Waals surface area contributed by atoms with Crippen molar-refractivity contribution >= 4 is 5.91 Å². The van der Waals surface area contributed by atoms with Gasteiger partial charge in [-0.2, -0.15) is 0 Å². The molecular formula is C20H19FN2O3. The van der Waals surface area contributed by atoms with Crippen LogP contribution in [0.1, 0.15) is 34.7 Å². The first-order valence-corrected chi connectivity index (χ1v) is 8.20. The maximum Gasteiger partial charge on any atom is 0.292 e. The number of carbonyl (C=O) groups is 1. The zero-order valence-electron chi connectivity index (χ0n) is 14.5. The number of hydrogen-bond acceptors (Lipinski definition) is 4. The van der Waals surface area contributed by atoms with Crippen molar-refractivity contribution in [1.82, 2.24) is 10.1 Å². The minimum absolute atomic E-state index is 0.0160. The van der Waals surface area contributed by atoms with Gasteiger partial charge in [-0.05, 0) is 36.8 Å². The average molecular weight is 354 g/mol. The van der Waals surface area contributed by atoms with Gasteiger partial charge in [0, 0.05) is 19.2 Å². The normalized spacial score (nSPS) is 12.0. The van der Waals surface area contributed by atoms with Gasteiger partial charge in [0.05, 0.1) is 11.7 Å². The molecule has 1 amide bonds. The van der Waals surface area contributed by atoms with Gasteiger partial charge < -0.3 is 14.5 Å². The Hall–Kier alpha value is -2.99. The van der Waals surface area contributed by atoms with Crippen LogP contribution in [0.15, 0.2) is 59.1 Å². The van der Waals surface area contributed by atoms with Crippen molar-refractivity contribution < 1.29 is 18.8 Å². The van der Waals surface area contributed by atoms with E-state index in [4.69, 9.17) is 4.52 Å². The fraction of sp³-hybridized carbons (Fsp3) is 0.200. The summed E-state index contributed by atoms with van der Waals surface area (Å²) in [7, 11) is 1.65. The molecule has 0 aliphatic carbocycles. The maximum atomic E-state index is 13.2. The third kappa shape index (κ3) is 3.65. The number of nitrogens with zero attached hydrogens (tertiary/aromatic N) is 2. The van der Waals surface area contributed by atoms with Gasteiger partial charge in [-0.25, -0.2) is 4.39 Å². The Kier molecular flexibility index (Phi) is 5.14. The lowest BCUT2D eigenvalue weighted by atomic mass is 10.0. The minimum atomic E-state index is -0.967. The highest BCUT2D eigenvalue weighted by Gasteiger charge is 2.28. The SMILES string of the molecule is C[C@H](O)c1c(-c2ccc(F)cc2)noc1C(=O)N(C)Cc1ccccc1. The maximum absolute atomic E-state index is 13.2. The molecule has 0 saturated heterocycles. The molecule has 0 aliphatic rings. The summed E-state index contributed by atoms with van der Waals surface area (Å²) >= 11 is 0. The number of aliphatic hydroxyl groups excluding tert-OH is 1. The lowest BCUT2D eigenvalue weighted by molar-refractivity contribution is 0.0735. The van der Waals surface area contributed by atoms with Crippen LogP contribution in [0.2, 0.25) is 0 Å². The lowest BCUT2D eigenvalue weighted by Crippen LogP contribution is -2.27. The van der Waals surface area contributed by atoms with Crippen molar-refractivity contribution in [3.05, 3.63) is 77.3 Å². The summed E-state index contributed by atoms with van der Waals surface area (Å²) < 4.78 is 18.4. The molecule has 0 saturated carbocycles. The van der Waals surface area contributed by atoms with E-state index in [1.165, 1.54) is 36.1 Å². The van der Waals surface area contributed by atoms with Gasteiger partial charge >= 0.3 is 0 Å². The van der Waals surface area contributed by atoms with E-state index in [9.17, 15) is 14.3 Å². The quantitative estimate of drug-likeness (QED) is 0.757. The molecule has 0 radical (unpaired) electrons. The molecule has 1 N–H and O–H groups in total. The molecule has 3 rings (SSSR count). The van der Waals surface area contributed by atoms with E-state index < -0.39 is 6.10 Å². The van der Waals surface area contributed by atoms with E-state index in [0.29, 0.717) is 23.4 Å². The number of halogens is 1. The van der Waals surface area contributed by atoms with Crippen LogP contribution < -0.4 is 0 Å². The van der Waals surface area contributed by atoms with Gasteiger partial charge in [0.25, 0.3) is 5.91 Å². The number of benzene rings is 2. The topological polar surface area (TPSA) is 66.6 Å². The van der Waals surface area contributed by atoms with Gasteiger partial charge in [0.1, 0.15) is 11.5 Å². The molecule has 134 valence electrons. The summed E-state index contributed by atoms with van der Waals surface area (Å²) in [6.07, 6.45) is -0.967. The molecule has 0 bridgehead atoms. The van der Waals surface area contributed by atoms with Gasteiger partial charge in [-0.1, -0.05) is 35.5 Å². The third-order valence-electron chi connectivity index (χ3n) is 4.07. The van der Waals surface area contributed by atoms with Crippen molar-refractivity contribution in [2.45, 2.75) is 19.6 Å². The number of aromatic nitrogens is 1. The second-order valence-corrected chi connectivity index (χ2v) is 6.10. The molecule has 26 heavy (non-hydrogen) atoms. The number of rotatable bonds is 5. The van der Waals surface area contributed by atoms with Crippen molar-refractivity contribution in [2.75, 3.05) is 7.05 Å². The summed E-state index contributed by atoms with van der Waals surface area (Å²) in [6.45, 7) is 1.93. The van der Waals surface area contributed by atoms with Crippen LogP contribution in [0.3, 0.4) is 0 Å². The van der Waals surface area contributed by atoms with Crippen LogP contribution in [0, 0.1) is 5.82 Å². The van der Waals surface area contributed by atoms with E-state index in [1.807, 2.05) is 30.3 Å². The largest absolute Gasteiger partial charge is 0.388 e. The van der Waals surface area contributed by atoms with Crippen molar-refractivity contribution in [3.8, 4) is 11.3 Å². The highest BCUT2D eigenvalue weighted by Crippen LogP contribution is 2.31. The van der Waals surface area contributed by atoms with Crippen LogP contribution in [0.5, 0.6) is 0 Å². The van der Waals surface area contributed by atoms with E-state index >= 15 is 0 Å². The van der Waals surface area contributed by atoms with Crippen molar-refractivity contribution in [1.29, 1.82) is 0 Å². The van der Waals surface area contributed by atoms with Crippen LogP contribution in [-0.4, -0.2) is 28.1 Å². The van der Waals surface area contributed by atoms with Crippen LogP contribution in [-0.2, 0) is 6.54 Å². The fourth-order valence-corrected chi connectivity index (χ4v) is 2.76. The second-order valence-electron chi connectivity index (χ2n) is 6.10. The summed E-state index contributed by atoms with van der Waals surface area (Å²) in [5.41, 5.74) is 2.16. The van der Waals surface area contributed by atoms with Crippen molar-refractivity contribution in [3.63, 3.8) is 0 Å². The molecule has 1 heterocycles. The van der Waals surface area contributed by atoms with E-state index in [0.717, 1.165) is 5.56 Å². The molecule has 3 aromatic rings.